The summed E-state index contributed by atoms with van der Waals surface area (Å²) in [5.74, 6) is 0.486. The zero-order chi connectivity index (χ0) is 13.1. The minimum absolute atomic E-state index is 0.339. The summed E-state index contributed by atoms with van der Waals surface area (Å²) in [5.41, 5.74) is 0.0358. The average Bonchev–Trinajstić information content (AvgIpc) is 2.44. The fraction of sp³-hybridized carbons (Fsp3) is 0.357. The van der Waals surface area contributed by atoms with Crippen LogP contribution in [0.1, 0.15) is 37.7 Å². The molecule has 1 atom stereocenters. The molecule has 1 heterocycles. The number of rotatable bonds is 0. The van der Waals surface area contributed by atoms with Crippen LogP contribution in [0.2, 0.25) is 0 Å². The van der Waals surface area contributed by atoms with Gasteiger partial charge < -0.3 is 9.52 Å². The van der Waals surface area contributed by atoms with Gasteiger partial charge in [0.2, 0.25) is 0 Å². The Labute approximate surface area is 101 Å². The highest BCUT2D eigenvalue weighted by molar-refractivity contribution is 5.65. The number of hydrogen-bond donors (Lipinski definition) is 1. The van der Waals surface area contributed by atoms with Crippen LogP contribution in [0.4, 0.5) is 0 Å². The molecule has 3 heteroatoms. The van der Waals surface area contributed by atoms with E-state index >= 15 is 0 Å². The van der Waals surface area contributed by atoms with Crippen molar-refractivity contribution in [1.29, 1.82) is 0 Å². The first kappa shape index (κ1) is 13.5. The van der Waals surface area contributed by atoms with E-state index in [2.05, 4.69) is 0 Å². The minimum Gasteiger partial charge on any atom is -0.423 e. The normalized spacial score (nSPS) is 21.2. The van der Waals surface area contributed by atoms with Crippen molar-refractivity contribution in [2.24, 2.45) is 0 Å². The maximum atomic E-state index is 11.3. The Hall–Kier alpha value is -1.61. The summed E-state index contributed by atoms with van der Waals surface area (Å²) in [7, 11) is 0. The van der Waals surface area contributed by atoms with Gasteiger partial charge in [0.1, 0.15) is 5.76 Å². The molecule has 92 valence electrons. The van der Waals surface area contributed by atoms with Gasteiger partial charge in [-0.05, 0) is 38.1 Å². The second kappa shape index (κ2) is 5.15. The van der Waals surface area contributed by atoms with Crippen LogP contribution in [-0.4, -0.2) is 10.7 Å². The van der Waals surface area contributed by atoms with Crippen LogP contribution in [0, 0.1) is 6.92 Å². The molecule has 2 rings (SSSR count). The summed E-state index contributed by atoms with van der Waals surface area (Å²) in [5, 5.41) is 9.77. The molecular weight excluding hydrogens is 216 g/mol. The van der Waals surface area contributed by atoms with Crippen LogP contribution < -0.4 is 5.63 Å². The van der Waals surface area contributed by atoms with Crippen LogP contribution in [0.15, 0.2) is 27.4 Å². The van der Waals surface area contributed by atoms with Crippen molar-refractivity contribution in [3.8, 4) is 0 Å². The highest BCUT2D eigenvalue weighted by Crippen LogP contribution is 2.21. The van der Waals surface area contributed by atoms with E-state index in [-0.39, 0.29) is 5.63 Å². The van der Waals surface area contributed by atoms with Crippen LogP contribution in [0.3, 0.4) is 0 Å². The Kier molecular flexibility index (Phi) is 4.07. The second-order valence-electron chi connectivity index (χ2n) is 3.93. The van der Waals surface area contributed by atoms with Crippen molar-refractivity contribution in [2.75, 3.05) is 0 Å². The molecular formula is C14H18O3. The topological polar surface area (TPSA) is 50.4 Å². The molecule has 0 fully saturated rings. The molecule has 0 radical (unpaired) electrons. The quantitative estimate of drug-likeness (QED) is 0.751. The smallest absolute Gasteiger partial charge is 0.339 e. The van der Waals surface area contributed by atoms with Crippen molar-refractivity contribution in [3.05, 3.63) is 45.5 Å². The summed E-state index contributed by atoms with van der Waals surface area (Å²) in [6.07, 6.45) is 6.63. The van der Waals surface area contributed by atoms with E-state index in [4.69, 9.17) is 4.42 Å². The van der Waals surface area contributed by atoms with Gasteiger partial charge in [-0.3, -0.25) is 0 Å². The van der Waals surface area contributed by atoms with E-state index < -0.39 is 5.60 Å². The molecule has 17 heavy (non-hydrogen) atoms. The Balaban J connectivity index is 0.000000686. The highest BCUT2D eigenvalue weighted by Gasteiger charge is 2.16. The number of aryl methyl sites for hydroxylation is 1. The molecule has 0 aliphatic heterocycles. The number of hydrogen-bond acceptors (Lipinski definition) is 3. The van der Waals surface area contributed by atoms with Gasteiger partial charge in [-0.15, -0.1) is 0 Å². The fourth-order valence-electron chi connectivity index (χ4n) is 1.42. The predicted octanol–water partition coefficient (Wildman–Crippen LogP) is 2.77. The fourth-order valence-corrected chi connectivity index (χ4v) is 1.42. The van der Waals surface area contributed by atoms with Gasteiger partial charge in [0.25, 0.3) is 0 Å². The molecule has 0 spiro atoms. The molecule has 0 amide bonds. The van der Waals surface area contributed by atoms with Gasteiger partial charge in [-0.25, -0.2) is 4.79 Å². The van der Waals surface area contributed by atoms with Gasteiger partial charge in [-0.1, -0.05) is 19.9 Å². The van der Waals surface area contributed by atoms with Gasteiger partial charge >= 0.3 is 5.63 Å². The Bertz CT molecular complexity index is 505. The summed E-state index contributed by atoms with van der Waals surface area (Å²) in [4.78, 5) is 11.3. The molecule has 0 saturated carbocycles. The number of aliphatic hydroxyl groups is 1. The van der Waals surface area contributed by atoms with Crippen LogP contribution in [-0.2, 0) is 0 Å². The molecule has 0 saturated heterocycles. The summed E-state index contributed by atoms with van der Waals surface area (Å²) >= 11 is 0. The molecule has 1 aliphatic rings. The first-order valence-electron chi connectivity index (χ1n) is 5.73. The van der Waals surface area contributed by atoms with Crippen molar-refractivity contribution in [3.63, 3.8) is 0 Å². The third kappa shape index (κ3) is 3.17. The Morgan fingerprint density at radius 3 is 2.47 bits per heavy atom. The molecule has 1 unspecified atom stereocenters. The Morgan fingerprint density at radius 1 is 1.24 bits per heavy atom. The molecule has 1 aromatic rings. The lowest BCUT2D eigenvalue weighted by atomic mass is 10.1. The van der Waals surface area contributed by atoms with E-state index in [1.54, 1.807) is 44.2 Å². The summed E-state index contributed by atoms with van der Waals surface area (Å²) in [6.45, 7) is 7.36. The minimum atomic E-state index is -0.995. The van der Waals surface area contributed by atoms with E-state index in [0.29, 0.717) is 11.3 Å². The second-order valence-corrected chi connectivity index (χ2v) is 3.93. The molecule has 0 bridgehead atoms. The molecule has 3 nitrogen and oxygen atoms in total. The van der Waals surface area contributed by atoms with Gasteiger partial charge in [0.15, 0.2) is 0 Å². The molecule has 0 aromatic carbocycles. The van der Waals surface area contributed by atoms with Crippen LogP contribution in [0.5, 0.6) is 0 Å². The maximum Gasteiger partial charge on any atom is 0.339 e. The Morgan fingerprint density at radius 2 is 1.82 bits per heavy atom. The lowest BCUT2D eigenvalue weighted by molar-refractivity contribution is 0.166. The van der Waals surface area contributed by atoms with Crippen LogP contribution >= 0.6 is 0 Å². The lowest BCUT2D eigenvalue weighted by Crippen LogP contribution is -2.15. The number of fused-ring (bicyclic) bond motifs is 1. The van der Waals surface area contributed by atoms with Gasteiger partial charge in [0.05, 0.1) is 5.60 Å². The van der Waals surface area contributed by atoms with Crippen molar-refractivity contribution >= 4 is 12.2 Å². The third-order valence-electron chi connectivity index (χ3n) is 2.35. The lowest BCUT2D eigenvalue weighted by Gasteiger charge is -2.10. The predicted molar refractivity (Wildman–Crippen MR) is 69.8 cm³/mol. The zero-order valence-electron chi connectivity index (χ0n) is 10.7. The van der Waals surface area contributed by atoms with Gasteiger partial charge in [-0.2, -0.15) is 0 Å². The largest absolute Gasteiger partial charge is 0.423 e. The monoisotopic (exact) mass is 234 g/mol. The first-order chi connectivity index (χ1) is 7.98. The van der Waals surface area contributed by atoms with Crippen molar-refractivity contribution < 1.29 is 9.52 Å². The van der Waals surface area contributed by atoms with E-state index in [1.807, 2.05) is 13.8 Å². The summed E-state index contributed by atoms with van der Waals surface area (Å²) < 4.78 is 5.10. The van der Waals surface area contributed by atoms with Crippen LogP contribution in [0.25, 0.3) is 12.2 Å². The third-order valence-corrected chi connectivity index (χ3v) is 2.35. The SMILES string of the molecule is CC.Cc1cc2c(oc1=O)C=CC(C)(O)C=C2. The maximum absolute atomic E-state index is 11.3. The highest BCUT2D eigenvalue weighted by atomic mass is 16.4. The zero-order valence-corrected chi connectivity index (χ0v) is 10.7. The summed E-state index contributed by atoms with van der Waals surface area (Å²) in [6, 6.07) is 1.75. The standard InChI is InChI=1S/C12H12O3.C2H6/c1-8-7-9-3-5-12(2,14)6-4-10(9)15-11(8)13;1-2/h3-7,14H,1-2H3;1-2H3. The van der Waals surface area contributed by atoms with E-state index in [0.717, 1.165) is 5.56 Å². The van der Waals surface area contributed by atoms with Crippen molar-refractivity contribution in [2.45, 2.75) is 33.3 Å². The molecule has 1 aromatic heterocycles. The molecule has 1 aliphatic carbocycles. The molecule has 1 N–H and O–H groups in total. The van der Waals surface area contributed by atoms with Crippen molar-refractivity contribution in [1.82, 2.24) is 0 Å². The van der Waals surface area contributed by atoms with E-state index in [1.165, 1.54) is 0 Å². The van der Waals surface area contributed by atoms with Gasteiger partial charge in [0, 0.05) is 11.1 Å². The average molecular weight is 234 g/mol. The first-order valence-corrected chi connectivity index (χ1v) is 5.73. The van der Waals surface area contributed by atoms with E-state index in [9.17, 15) is 9.90 Å².